The molecule has 2 rings (SSSR count). The maximum Gasteiger partial charge on any atom is 0.303 e. The summed E-state index contributed by atoms with van der Waals surface area (Å²) in [5.74, 6) is -2.37. The molecule has 174 valence electrons. The zero-order valence-corrected chi connectivity index (χ0v) is 20.1. The van der Waals surface area contributed by atoms with Gasteiger partial charge in [0.25, 0.3) is 0 Å². The minimum Gasteiger partial charge on any atom is -0.463 e. The van der Waals surface area contributed by atoms with Gasteiger partial charge in [-0.1, -0.05) is 48.7 Å². The molecule has 1 N–H and O–H groups in total. The van der Waals surface area contributed by atoms with Crippen LogP contribution >= 0.6 is 34.8 Å². The van der Waals surface area contributed by atoms with Gasteiger partial charge in [0.2, 0.25) is 0 Å². The molecule has 1 aliphatic carbocycles. The average molecular weight is 499 g/mol. The van der Waals surface area contributed by atoms with Gasteiger partial charge in [-0.05, 0) is 6.08 Å². The predicted octanol–water partition coefficient (Wildman–Crippen LogP) is 2.99. The summed E-state index contributed by atoms with van der Waals surface area (Å²) in [4.78, 5) is 34.9. The molecule has 0 aromatic rings. The van der Waals surface area contributed by atoms with Crippen molar-refractivity contribution in [1.82, 2.24) is 5.32 Å². The molecular weight excluding hydrogens is 473 g/mol. The summed E-state index contributed by atoms with van der Waals surface area (Å²) >= 11 is 19.1. The van der Waals surface area contributed by atoms with Crippen LogP contribution in [-0.2, 0) is 33.3 Å². The summed E-state index contributed by atoms with van der Waals surface area (Å²) in [7, 11) is 0. The van der Waals surface area contributed by atoms with E-state index in [4.69, 9.17) is 53.8 Å². The first kappa shape index (κ1) is 25.9. The van der Waals surface area contributed by atoms with Crippen LogP contribution in [0.2, 0.25) is 0 Å². The molecule has 0 aromatic heterocycles. The van der Waals surface area contributed by atoms with Gasteiger partial charge in [0.05, 0.1) is 10.1 Å². The van der Waals surface area contributed by atoms with Crippen LogP contribution in [0.25, 0.3) is 0 Å². The molecular formula is C20H26Cl3NO7. The van der Waals surface area contributed by atoms with Crippen molar-refractivity contribution in [3.63, 3.8) is 0 Å². The smallest absolute Gasteiger partial charge is 0.303 e. The number of carbonyl (C=O) groups is 3. The van der Waals surface area contributed by atoms with Crippen molar-refractivity contribution in [2.45, 2.75) is 71.1 Å². The predicted molar refractivity (Wildman–Crippen MR) is 115 cm³/mol. The Morgan fingerprint density at radius 3 is 2.13 bits per heavy atom. The molecule has 6 atom stereocenters. The number of ether oxygens (including phenoxy) is 4. The van der Waals surface area contributed by atoms with Crippen LogP contribution in [0, 0.1) is 5.92 Å². The SMILES string of the molecule is CC(=O)OC[C@@H]1O[C@H](C2C(Cl)=C(Cl)C(Cl)=CC2NC(C)C)[C@@H](OC(C)=O)[C@H]1OC(C)=O. The summed E-state index contributed by atoms with van der Waals surface area (Å²) in [6.45, 7) is 7.37. The van der Waals surface area contributed by atoms with E-state index in [0.717, 1.165) is 0 Å². The number of rotatable bonds is 7. The van der Waals surface area contributed by atoms with Crippen LogP contribution in [-0.4, -0.2) is 61.0 Å². The third kappa shape index (κ3) is 6.58. The summed E-state index contributed by atoms with van der Waals surface area (Å²) in [6.07, 6.45) is -2.09. The Bertz CT molecular complexity index is 783. The maximum absolute atomic E-state index is 11.9. The van der Waals surface area contributed by atoms with E-state index in [-0.39, 0.29) is 27.7 Å². The lowest BCUT2D eigenvalue weighted by Crippen LogP contribution is -2.50. The van der Waals surface area contributed by atoms with Crippen LogP contribution < -0.4 is 5.32 Å². The van der Waals surface area contributed by atoms with Crippen molar-refractivity contribution in [1.29, 1.82) is 0 Å². The first-order valence-electron chi connectivity index (χ1n) is 9.74. The van der Waals surface area contributed by atoms with E-state index in [0.29, 0.717) is 0 Å². The fraction of sp³-hybridized carbons (Fsp3) is 0.650. The third-order valence-electron chi connectivity index (χ3n) is 4.71. The normalized spacial score (nSPS) is 30.8. The molecule has 1 heterocycles. The first-order chi connectivity index (χ1) is 14.4. The van der Waals surface area contributed by atoms with Gasteiger partial charge in [-0.2, -0.15) is 0 Å². The van der Waals surface area contributed by atoms with E-state index in [1.807, 2.05) is 13.8 Å². The van der Waals surface area contributed by atoms with Crippen molar-refractivity contribution in [2.24, 2.45) is 5.92 Å². The Hall–Kier alpha value is -1.32. The largest absolute Gasteiger partial charge is 0.463 e. The molecule has 2 unspecified atom stereocenters. The van der Waals surface area contributed by atoms with Crippen molar-refractivity contribution in [3.05, 3.63) is 21.2 Å². The molecule has 2 aliphatic rings. The molecule has 11 heteroatoms. The Morgan fingerprint density at radius 1 is 1.03 bits per heavy atom. The number of esters is 3. The summed E-state index contributed by atoms with van der Waals surface area (Å²) in [5, 5.41) is 3.97. The fourth-order valence-electron chi connectivity index (χ4n) is 3.68. The number of halogens is 3. The number of hydrogen-bond acceptors (Lipinski definition) is 8. The Kier molecular flexibility index (Phi) is 9.21. The highest BCUT2D eigenvalue weighted by atomic mass is 35.5. The Morgan fingerprint density at radius 2 is 1.61 bits per heavy atom. The van der Waals surface area contributed by atoms with E-state index >= 15 is 0 Å². The van der Waals surface area contributed by atoms with Crippen LogP contribution in [0.15, 0.2) is 21.2 Å². The third-order valence-corrected chi connectivity index (χ3v) is 6.06. The molecule has 1 aliphatic heterocycles. The minimum absolute atomic E-state index is 0.0456. The highest BCUT2D eigenvalue weighted by Gasteiger charge is 2.55. The molecule has 0 aromatic carbocycles. The second kappa shape index (κ2) is 11.0. The van der Waals surface area contributed by atoms with E-state index in [2.05, 4.69) is 5.32 Å². The fourth-order valence-corrected chi connectivity index (χ4v) is 4.51. The standard InChI is InChI=1S/C20H26Cl3NO7/c1-8(2)24-13-6-12(21)16(22)17(23)15(13)19-20(30-11(5)27)18(29-10(4)26)14(31-19)7-28-9(3)25/h6,8,13-15,18-20,24H,7H2,1-5H3/t13?,14-,15?,18-,19+,20-/m0/s1. The molecule has 0 saturated carbocycles. The second-order valence-corrected chi connectivity index (χ2v) is 8.83. The lowest BCUT2D eigenvalue weighted by Gasteiger charge is -2.36. The van der Waals surface area contributed by atoms with Gasteiger partial charge < -0.3 is 24.3 Å². The second-order valence-electron chi connectivity index (χ2n) is 7.64. The average Bonchev–Trinajstić information content (AvgIpc) is 2.94. The van der Waals surface area contributed by atoms with E-state index < -0.39 is 54.3 Å². The van der Waals surface area contributed by atoms with Crippen LogP contribution in [0.5, 0.6) is 0 Å². The summed E-state index contributed by atoms with van der Waals surface area (Å²) in [5.41, 5.74) is 0. The maximum atomic E-state index is 11.9. The molecule has 1 saturated heterocycles. The molecule has 1 fully saturated rings. The number of nitrogens with one attached hydrogen (secondary N) is 1. The van der Waals surface area contributed by atoms with Crippen LogP contribution in [0.1, 0.15) is 34.6 Å². The lowest BCUT2D eigenvalue weighted by molar-refractivity contribution is -0.166. The van der Waals surface area contributed by atoms with Crippen LogP contribution in [0.4, 0.5) is 0 Å². The van der Waals surface area contributed by atoms with Crippen molar-refractivity contribution in [3.8, 4) is 0 Å². The lowest BCUT2D eigenvalue weighted by atomic mass is 9.85. The van der Waals surface area contributed by atoms with Crippen molar-refractivity contribution in [2.75, 3.05) is 6.61 Å². The van der Waals surface area contributed by atoms with Gasteiger partial charge in [-0.25, -0.2) is 0 Å². The van der Waals surface area contributed by atoms with E-state index in [1.165, 1.54) is 20.8 Å². The highest BCUT2D eigenvalue weighted by molar-refractivity contribution is 6.48. The molecule has 0 amide bonds. The number of allylic oxidation sites excluding steroid dienone is 2. The van der Waals surface area contributed by atoms with Gasteiger partial charge in [-0.3, -0.25) is 14.4 Å². The van der Waals surface area contributed by atoms with Gasteiger partial charge in [0.15, 0.2) is 12.2 Å². The van der Waals surface area contributed by atoms with Gasteiger partial charge in [0.1, 0.15) is 18.8 Å². The van der Waals surface area contributed by atoms with Crippen molar-refractivity contribution < 1.29 is 33.3 Å². The van der Waals surface area contributed by atoms with Gasteiger partial charge in [-0.15, -0.1) is 0 Å². The van der Waals surface area contributed by atoms with Gasteiger partial charge >= 0.3 is 17.9 Å². The molecule has 31 heavy (non-hydrogen) atoms. The molecule has 0 spiro atoms. The summed E-state index contributed by atoms with van der Waals surface area (Å²) in [6, 6.07) is -0.375. The molecule has 0 bridgehead atoms. The summed E-state index contributed by atoms with van der Waals surface area (Å²) < 4.78 is 22.1. The zero-order chi connectivity index (χ0) is 23.5. The number of hydrogen-bond donors (Lipinski definition) is 1. The Labute approximate surface area is 196 Å². The number of carbonyl (C=O) groups excluding carboxylic acids is 3. The monoisotopic (exact) mass is 497 g/mol. The minimum atomic E-state index is -1.02. The highest BCUT2D eigenvalue weighted by Crippen LogP contribution is 2.44. The molecule has 8 nitrogen and oxygen atoms in total. The van der Waals surface area contributed by atoms with Gasteiger partial charge in [0, 0.05) is 43.8 Å². The van der Waals surface area contributed by atoms with E-state index in [9.17, 15) is 14.4 Å². The van der Waals surface area contributed by atoms with E-state index in [1.54, 1.807) is 6.08 Å². The quantitative estimate of drug-likeness (QED) is 0.422. The molecule has 0 radical (unpaired) electrons. The first-order valence-corrected chi connectivity index (χ1v) is 10.9. The van der Waals surface area contributed by atoms with Crippen LogP contribution in [0.3, 0.4) is 0 Å². The van der Waals surface area contributed by atoms with Crippen molar-refractivity contribution >= 4 is 52.7 Å². The Balaban J connectivity index is 2.48. The zero-order valence-electron chi connectivity index (χ0n) is 17.8. The topological polar surface area (TPSA) is 100 Å².